The number of anilines is 1. The second kappa shape index (κ2) is 14.9. The van der Waals surface area contributed by atoms with Gasteiger partial charge in [-0.25, -0.2) is 14.6 Å². The first-order valence-electron chi connectivity index (χ1n) is 15.9. The maximum atomic E-state index is 13.9. The number of carboxylic acid groups (broad SMARTS) is 1. The van der Waals surface area contributed by atoms with Gasteiger partial charge in [0.1, 0.15) is 22.0 Å². The highest BCUT2D eigenvalue weighted by Crippen LogP contribution is 2.39. The van der Waals surface area contributed by atoms with Gasteiger partial charge >= 0.3 is 12.1 Å². The lowest BCUT2D eigenvalue weighted by atomic mass is 9.82. The number of hydrogen-bond donors (Lipinski definition) is 2. The summed E-state index contributed by atoms with van der Waals surface area (Å²) in [7, 11) is 3.05. The molecule has 11 nitrogen and oxygen atoms in total. The second-order valence-electron chi connectivity index (χ2n) is 12.2. The van der Waals surface area contributed by atoms with Gasteiger partial charge in [0, 0.05) is 29.0 Å². The summed E-state index contributed by atoms with van der Waals surface area (Å²) in [6, 6.07) is 15.7. The van der Waals surface area contributed by atoms with Crippen LogP contribution in [-0.4, -0.2) is 72.2 Å². The van der Waals surface area contributed by atoms with E-state index in [1.54, 1.807) is 48.7 Å². The van der Waals surface area contributed by atoms with Crippen molar-refractivity contribution in [3.63, 3.8) is 0 Å². The van der Waals surface area contributed by atoms with Crippen molar-refractivity contribution in [2.45, 2.75) is 37.8 Å². The van der Waals surface area contributed by atoms with Crippen LogP contribution in [-0.2, 0) is 17.7 Å². The Morgan fingerprint density at radius 3 is 2.37 bits per heavy atom. The number of ether oxygens (including phenoxy) is 3. The van der Waals surface area contributed by atoms with E-state index in [-0.39, 0.29) is 34.7 Å². The standard InChI is InChI=1S/C36H36Cl2N4O7/c1-47-31-9-7-24(16-32(31)48-2)26(17-28-29(37)19-41(46)20-30(28)38)27-15-22(6-8-25(27)35(43)44)18-42(34-5-3-4-12-39-34)36(45)49-33-21-40-13-10-23(33)11-14-40/h3-9,12,15-16,19-20,23,26,33H,10-11,13-14,17-18,21H2,1-2H3,(H-,43,44,46)/p+1/t26-,33-/m0/s1. The summed E-state index contributed by atoms with van der Waals surface area (Å²) in [4.78, 5) is 34.8. The number of hydrogen-bond acceptors (Lipinski definition) is 8. The zero-order valence-electron chi connectivity index (χ0n) is 27.1. The quantitative estimate of drug-likeness (QED) is 0.138. The van der Waals surface area contributed by atoms with Gasteiger partial charge in [-0.15, -0.1) is 0 Å². The summed E-state index contributed by atoms with van der Waals surface area (Å²) in [6.07, 6.45) is 5.67. The van der Waals surface area contributed by atoms with Crippen LogP contribution in [0.2, 0.25) is 10.0 Å². The SMILES string of the molecule is COc1ccc([C@H](Cc2c(Cl)c[n+](O)cc2Cl)c2cc(CN(C(=O)O[C@H]3CN4CCC3CC4)c3ccccn3)ccc2C(=O)O)cc1OC. The highest BCUT2D eigenvalue weighted by Gasteiger charge is 2.38. The first-order valence-corrected chi connectivity index (χ1v) is 16.7. The lowest BCUT2D eigenvalue weighted by Crippen LogP contribution is -2.53. The predicted molar refractivity (Wildman–Crippen MR) is 182 cm³/mol. The Kier molecular flexibility index (Phi) is 10.4. The molecular weight excluding hydrogens is 671 g/mol. The van der Waals surface area contributed by atoms with Crippen LogP contribution in [0.3, 0.4) is 0 Å². The van der Waals surface area contributed by atoms with Gasteiger partial charge in [0.25, 0.3) is 0 Å². The predicted octanol–water partition coefficient (Wildman–Crippen LogP) is 6.24. The third kappa shape index (κ3) is 7.54. The van der Waals surface area contributed by atoms with Crippen LogP contribution in [0.25, 0.3) is 0 Å². The van der Waals surface area contributed by atoms with Crippen molar-refractivity contribution < 1.29 is 38.8 Å². The van der Waals surface area contributed by atoms with Gasteiger partial charge in [-0.05, 0) is 85.3 Å². The molecule has 0 saturated carbocycles. The molecule has 2 aromatic heterocycles. The molecule has 2 aromatic carbocycles. The molecule has 0 radical (unpaired) electrons. The average molecular weight is 709 g/mol. The van der Waals surface area contributed by atoms with Crippen LogP contribution >= 0.6 is 23.2 Å². The normalized spacial score (nSPS) is 18.8. The molecule has 4 aromatic rings. The van der Waals surface area contributed by atoms with Crippen LogP contribution in [0.4, 0.5) is 10.6 Å². The molecule has 1 amide bonds. The minimum Gasteiger partial charge on any atom is -0.493 e. The van der Waals surface area contributed by atoms with Crippen molar-refractivity contribution in [3.05, 3.63) is 111 Å². The number of carbonyl (C=O) groups excluding carboxylic acids is 1. The minimum absolute atomic E-state index is 0.0585. The molecule has 7 rings (SSSR count). The highest BCUT2D eigenvalue weighted by atomic mass is 35.5. The van der Waals surface area contributed by atoms with Crippen LogP contribution in [0.15, 0.2) is 73.2 Å². The molecular formula is C36H37Cl2N4O7+. The van der Waals surface area contributed by atoms with E-state index in [9.17, 15) is 19.9 Å². The number of methoxy groups -OCH3 is 2. The van der Waals surface area contributed by atoms with Crippen LogP contribution < -0.4 is 19.1 Å². The van der Waals surface area contributed by atoms with Gasteiger partial charge in [-0.2, -0.15) is 0 Å². The Morgan fingerprint density at radius 2 is 1.76 bits per heavy atom. The fourth-order valence-corrected chi connectivity index (χ4v) is 7.39. The van der Waals surface area contributed by atoms with E-state index in [1.165, 1.54) is 37.6 Å². The summed E-state index contributed by atoms with van der Waals surface area (Å²) < 4.78 is 17.9. The Hall–Kier alpha value is -4.58. The number of fused-ring (bicyclic) bond motifs is 3. The third-order valence-corrected chi connectivity index (χ3v) is 9.99. The van der Waals surface area contributed by atoms with Crippen molar-refractivity contribution in [1.82, 2.24) is 9.88 Å². The fraction of sp³-hybridized carbons (Fsp3) is 0.333. The molecule has 2 bridgehead atoms. The molecule has 3 aliphatic rings. The molecule has 2 atom stereocenters. The zero-order valence-corrected chi connectivity index (χ0v) is 28.6. The lowest BCUT2D eigenvalue weighted by Gasteiger charge is -2.44. The minimum atomic E-state index is -1.13. The van der Waals surface area contributed by atoms with E-state index < -0.39 is 18.0 Å². The summed E-state index contributed by atoms with van der Waals surface area (Å²) in [6.45, 7) is 2.81. The maximum Gasteiger partial charge on any atom is 0.416 e. The second-order valence-corrected chi connectivity index (χ2v) is 13.1. The smallest absolute Gasteiger partial charge is 0.416 e. The zero-order chi connectivity index (χ0) is 34.7. The third-order valence-electron chi connectivity index (χ3n) is 9.34. The molecule has 256 valence electrons. The van der Waals surface area contributed by atoms with E-state index in [0.717, 1.165) is 30.7 Å². The number of carboxylic acids is 1. The molecule has 13 heteroatoms. The van der Waals surface area contributed by atoms with Crippen LogP contribution in [0, 0.1) is 5.92 Å². The Morgan fingerprint density at radius 1 is 1.02 bits per heavy atom. The largest absolute Gasteiger partial charge is 0.493 e. The van der Waals surface area contributed by atoms with Gasteiger partial charge in [0.05, 0.1) is 26.3 Å². The molecule has 0 unspecified atom stereocenters. The van der Waals surface area contributed by atoms with Crippen molar-refractivity contribution in [1.29, 1.82) is 0 Å². The summed E-state index contributed by atoms with van der Waals surface area (Å²) in [5.74, 6) is -0.0594. The number of aromatic carboxylic acids is 1. The first kappa shape index (κ1) is 34.3. The van der Waals surface area contributed by atoms with Crippen molar-refractivity contribution >= 4 is 41.1 Å². The molecule has 2 N–H and O–H groups in total. The van der Waals surface area contributed by atoms with Gasteiger partial charge in [-0.3, -0.25) is 15.0 Å². The molecule has 0 aliphatic carbocycles. The number of amides is 1. The lowest BCUT2D eigenvalue weighted by molar-refractivity contribution is -0.904. The summed E-state index contributed by atoms with van der Waals surface area (Å²) in [5, 5.41) is 20.8. The first-order chi connectivity index (χ1) is 23.6. The number of aromatic nitrogens is 2. The summed E-state index contributed by atoms with van der Waals surface area (Å²) >= 11 is 13.1. The van der Waals surface area contributed by atoms with Crippen molar-refractivity contribution in [2.24, 2.45) is 5.92 Å². The van der Waals surface area contributed by atoms with E-state index in [0.29, 0.717) is 52.0 Å². The van der Waals surface area contributed by atoms with Crippen molar-refractivity contribution in [3.8, 4) is 11.5 Å². The maximum absolute atomic E-state index is 13.9. The average Bonchev–Trinajstić information content (AvgIpc) is 3.10. The summed E-state index contributed by atoms with van der Waals surface area (Å²) in [5.41, 5.74) is 2.38. The van der Waals surface area contributed by atoms with E-state index in [4.69, 9.17) is 37.4 Å². The van der Waals surface area contributed by atoms with Crippen LogP contribution in [0.1, 0.15) is 51.4 Å². The van der Waals surface area contributed by atoms with E-state index in [1.807, 2.05) is 6.07 Å². The Bertz CT molecular complexity index is 1810. The van der Waals surface area contributed by atoms with Gasteiger partial charge in [-0.1, -0.05) is 47.5 Å². The molecule has 5 heterocycles. The molecule has 3 fully saturated rings. The molecule has 3 saturated heterocycles. The number of nitrogens with zero attached hydrogens (tertiary/aromatic N) is 4. The van der Waals surface area contributed by atoms with Gasteiger partial charge in [0.2, 0.25) is 12.4 Å². The number of halogens is 2. The van der Waals surface area contributed by atoms with Crippen LogP contribution in [0.5, 0.6) is 11.5 Å². The highest BCUT2D eigenvalue weighted by molar-refractivity contribution is 6.35. The molecule has 49 heavy (non-hydrogen) atoms. The Labute approximate surface area is 294 Å². The number of carbonyl (C=O) groups is 2. The van der Waals surface area contributed by atoms with E-state index >= 15 is 0 Å². The fourth-order valence-electron chi connectivity index (χ4n) is 6.78. The Balaban J connectivity index is 1.41. The van der Waals surface area contributed by atoms with Gasteiger partial charge in [0.15, 0.2) is 11.5 Å². The number of benzene rings is 2. The number of rotatable bonds is 11. The number of pyridine rings is 2. The topological polar surface area (TPSA) is 126 Å². The number of piperidine rings is 3. The van der Waals surface area contributed by atoms with Gasteiger partial charge < -0.3 is 19.3 Å². The monoisotopic (exact) mass is 707 g/mol. The van der Waals surface area contributed by atoms with E-state index in [2.05, 4.69) is 9.88 Å². The molecule has 3 aliphatic heterocycles. The molecule has 0 spiro atoms. The van der Waals surface area contributed by atoms with Crippen molar-refractivity contribution in [2.75, 3.05) is 38.8 Å².